The van der Waals surface area contributed by atoms with Crippen LogP contribution in [0.25, 0.3) is 10.9 Å². The van der Waals surface area contributed by atoms with E-state index >= 15 is 0 Å². The monoisotopic (exact) mass is 365 g/mol. The zero-order valence-electron chi connectivity index (χ0n) is 15.9. The lowest BCUT2D eigenvalue weighted by atomic mass is 10.0. The summed E-state index contributed by atoms with van der Waals surface area (Å²) in [6.07, 6.45) is 0. The fourth-order valence-corrected chi connectivity index (χ4v) is 3.07. The lowest BCUT2D eigenvalue weighted by Gasteiger charge is -2.17. The van der Waals surface area contributed by atoms with Gasteiger partial charge in [-0.15, -0.1) is 0 Å². The summed E-state index contributed by atoms with van der Waals surface area (Å²) in [6, 6.07) is 11.6. The van der Waals surface area contributed by atoms with Crippen LogP contribution in [0.4, 0.5) is 5.69 Å². The minimum Gasteiger partial charge on any atom is -0.324 e. The van der Waals surface area contributed by atoms with Crippen LogP contribution >= 0.6 is 0 Å². The van der Waals surface area contributed by atoms with Gasteiger partial charge in [-0.25, -0.2) is 9.36 Å². The molecule has 0 saturated carbocycles. The van der Waals surface area contributed by atoms with Crippen LogP contribution in [0, 0.1) is 6.92 Å². The van der Waals surface area contributed by atoms with Gasteiger partial charge in [0.1, 0.15) is 6.04 Å². The summed E-state index contributed by atoms with van der Waals surface area (Å²) in [4.78, 5) is 40.4. The highest BCUT2D eigenvalue weighted by molar-refractivity contribution is 5.94. The molecule has 2 N–H and O–H groups in total. The molecule has 0 fully saturated rings. The molecule has 1 heterocycles. The van der Waals surface area contributed by atoms with Gasteiger partial charge in [0.15, 0.2) is 0 Å². The molecule has 0 saturated heterocycles. The van der Waals surface area contributed by atoms with Crippen molar-refractivity contribution in [2.24, 2.45) is 0 Å². The molecule has 1 unspecified atom stereocenters. The third kappa shape index (κ3) is 3.56. The summed E-state index contributed by atoms with van der Waals surface area (Å²) in [7, 11) is 0. The highest BCUT2D eigenvalue weighted by atomic mass is 16.2. The van der Waals surface area contributed by atoms with Gasteiger partial charge in [-0.05, 0) is 49.1 Å². The largest absolute Gasteiger partial charge is 0.329 e. The number of fused-ring (bicyclic) bond motifs is 1. The molecular formula is C21H23N3O3. The van der Waals surface area contributed by atoms with E-state index in [1.165, 1.54) is 5.56 Å². The molecule has 0 aliphatic carbocycles. The first-order chi connectivity index (χ1) is 12.8. The number of carbonyl (C=O) groups excluding carboxylic acids is 1. The van der Waals surface area contributed by atoms with Crippen LogP contribution in [0.2, 0.25) is 0 Å². The third-order valence-corrected chi connectivity index (χ3v) is 4.78. The molecule has 0 radical (unpaired) electrons. The molecule has 3 aromatic rings. The average Bonchev–Trinajstić information content (AvgIpc) is 2.63. The Balaban J connectivity index is 1.94. The van der Waals surface area contributed by atoms with Crippen molar-refractivity contribution in [3.63, 3.8) is 0 Å². The first-order valence-corrected chi connectivity index (χ1v) is 8.94. The molecule has 27 heavy (non-hydrogen) atoms. The van der Waals surface area contributed by atoms with Crippen LogP contribution in [0.3, 0.4) is 0 Å². The molecule has 1 amide bonds. The van der Waals surface area contributed by atoms with E-state index in [0.717, 1.165) is 10.1 Å². The number of H-pyrrole nitrogens is 1. The highest BCUT2D eigenvalue weighted by Gasteiger charge is 2.21. The summed E-state index contributed by atoms with van der Waals surface area (Å²) in [6.45, 7) is 7.67. The van der Waals surface area contributed by atoms with E-state index < -0.39 is 23.2 Å². The number of carbonyl (C=O) groups is 1. The number of rotatable bonds is 4. The van der Waals surface area contributed by atoms with Crippen LogP contribution in [-0.4, -0.2) is 15.5 Å². The zero-order chi connectivity index (χ0) is 19.7. The first kappa shape index (κ1) is 18.6. The molecule has 6 nitrogen and oxygen atoms in total. The van der Waals surface area contributed by atoms with Gasteiger partial charge < -0.3 is 10.3 Å². The number of aryl methyl sites for hydroxylation is 1. The standard InChI is InChI=1S/C21H23N3O3/c1-12(2)15-9-10-17(13(3)11-15)22-19(25)14(4)24-20(26)16-7-5-6-8-18(16)23-21(24)27/h5-12,14H,1-4H3,(H,22,25)(H,23,27). The Labute approximate surface area is 156 Å². The van der Waals surface area contributed by atoms with Crippen molar-refractivity contribution in [3.05, 3.63) is 74.4 Å². The normalized spacial score (nSPS) is 12.3. The number of hydrogen-bond donors (Lipinski definition) is 2. The van der Waals surface area contributed by atoms with Crippen molar-refractivity contribution in [1.29, 1.82) is 0 Å². The minimum absolute atomic E-state index is 0.370. The second-order valence-electron chi connectivity index (χ2n) is 7.05. The van der Waals surface area contributed by atoms with Gasteiger partial charge in [0.25, 0.3) is 5.56 Å². The summed E-state index contributed by atoms with van der Waals surface area (Å²) >= 11 is 0. The van der Waals surface area contributed by atoms with Crippen molar-refractivity contribution in [3.8, 4) is 0 Å². The van der Waals surface area contributed by atoms with Gasteiger partial charge in [-0.3, -0.25) is 9.59 Å². The number of aromatic amines is 1. The zero-order valence-corrected chi connectivity index (χ0v) is 15.9. The van der Waals surface area contributed by atoms with E-state index in [9.17, 15) is 14.4 Å². The average molecular weight is 365 g/mol. The van der Waals surface area contributed by atoms with E-state index in [1.54, 1.807) is 31.2 Å². The molecule has 0 aliphatic heterocycles. The fraction of sp³-hybridized carbons (Fsp3) is 0.286. The predicted molar refractivity (Wildman–Crippen MR) is 107 cm³/mol. The molecular weight excluding hydrogens is 342 g/mol. The van der Waals surface area contributed by atoms with Crippen molar-refractivity contribution in [1.82, 2.24) is 9.55 Å². The van der Waals surface area contributed by atoms with Crippen molar-refractivity contribution >= 4 is 22.5 Å². The maximum Gasteiger partial charge on any atom is 0.329 e. The number of nitrogens with zero attached hydrogens (tertiary/aromatic N) is 1. The van der Waals surface area contributed by atoms with Gasteiger partial charge in [0.2, 0.25) is 5.91 Å². The lowest BCUT2D eigenvalue weighted by molar-refractivity contribution is -0.119. The molecule has 140 valence electrons. The predicted octanol–water partition coefficient (Wildman–Crippen LogP) is 3.32. The SMILES string of the molecule is Cc1cc(C(C)C)ccc1NC(=O)C(C)n1c(=O)[nH]c2ccccc2c1=O. The summed E-state index contributed by atoms with van der Waals surface area (Å²) in [5, 5.41) is 3.20. The number of nitrogens with one attached hydrogen (secondary N) is 2. The smallest absolute Gasteiger partial charge is 0.324 e. The Morgan fingerprint density at radius 1 is 1.07 bits per heavy atom. The minimum atomic E-state index is -0.949. The Morgan fingerprint density at radius 2 is 1.78 bits per heavy atom. The van der Waals surface area contributed by atoms with Crippen LogP contribution in [-0.2, 0) is 4.79 Å². The van der Waals surface area contributed by atoms with Crippen molar-refractivity contribution in [2.75, 3.05) is 5.32 Å². The number of hydrogen-bond acceptors (Lipinski definition) is 3. The van der Waals surface area contributed by atoms with Crippen molar-refractivity contribution in [2.45, 2.75) is 39.7 Å². The lowest BCUT2D eigenvalue weighted by Crippen LogP contribution is -2.41. The molecule has 0 aliphatic rings. The highest BCUT2D eigenvalue weighted by Crippen LogP contribution is 2.22. The van der Waals surface area contributed by atoms with Gasteiger partial charge in [0.05, 0.1) is 10.9 Å². The topological polar surface area (TPSA) is 84.0 Å². The molecule has 0 spiro atoms. The van der Waals surface area contributed by atoms with E-state index in [0.29, 0.717) is 22.5 Å². The van der Waals surface area contributed by atoms with Gasteiger partial charge >= 0.3 is 5.69 Å². The number of anilines is 1. The van der Waals surface area contributed by atoms with Crippen LogP contribution in [0.5, 0.6) is 0 Å². The van der Waals surface area contributed by atoms with E-state index in [4.69, 9.17) is 0 Å². The summed E-state index contributed by atoms with van der Waals surface area (Å²) in [5.41, 5.74) is 2.15. The second-order valence-corrected chi connectivity index (χ2v) is 7.05. The van der Waals surface area contributed by atoms with Crippen LogP contribution < -0.4 is 16.6 Å². The number of benzene rings is 2. The van der Waals surface area contributed by atoms with Crippen LogP contribution in [0.15, 0.2) is 52.1 Å². The first-order valence-electron chi connectivity index (χ1n) is 8.94. The van der Waals surface area contributed by atoms with Gasteiger partial charge in [-0.1, -0.05) is 38.1 Å². The van der Waals surface area contributed by atoms with Crippen LogP contribution in [0.1, 0.15) is 43.9 Å². The Hall–Kier alpha value is -3.15. The molecule has 1 aromatic heterocycles. The molecule has 3 rings (SSSR count). The fourth-order valence-electron chi connectivity index (χ4n) is 3.07. The maximum atomic E-state index is 12.7. The summed E-state index contributed by atoms with van der Waals surface area (Å²) < 4.78 is 0.954. The maximum absolute atomic E-state index is 12.7. The number of para-hydroxylation sites is 1. The molecule has 1 atom stereocenters. The molecule has 2 aromatic carbocycles. The van der Waals surface area contributed by atoms with E-state index in [2.05, 4.69) is 24.1 Å². The number of aromatic nitrogens is 2. The third-order valence-electron chi connectivity index (χ3n) is 4.78. The quantitative estimate of drug-likeness (QED) is 0.744. The summed E-state index contributed by atoms with van der Waals surface area (Å²) in [5.74, 6) is -0.0274. The van der Waals surface area contributed by atoms with Crippen molar-refractivity contribution < 1.29 is 4.79 Å². The Morgan fingerprint density at radius 3 is 2.44 bits per heavy atom. The number of amides is 1. The Kier molecular flexibility index (Phi) is 4.99. The van der Waals surface area contributed by atoms with E-state index in [-0.39, 0.29) is 0 Å². The molecule has 6 heteroatoms. The second kappa shape index (κ2) is 7.23. The molecule has 0 bridgehead atoms. The van der Waals surface area contributed by atoms with Gasteiger partial charge in [-0.2, -0.15) is 0 Å². The Bertz CT molecular complexity index is 1130. The van der Waals surface area contributed by atoms with Gasteiger partial charge in [0, 0.05) is 5.69 Å². The van der Waals surface area contributed by atoms with E-state index in [1.807, 2.05) is 25.1 Å².